The number of nitrogen functional groups attached to an aromatic ring is 1. The number of nitrogens with one attached hydrogen (secondary N) is 1. The van der Waals surface area contributed by atoms with E-state index in [-0.39, 0.29) is 11.5 Å². The Balaban J connectivity index is 2.14. The van der Waals surface area contributed by atoms with Crippen LogP contribution < -0.4 is 16.6 Å². The van der Waals surface area contributed by atoms with Gasteiger partial charge in [0.15, 0.2) is 0 Å². The molecule has 0 aliphatic carbocycles. The van der Waals surface area contributed by atoms with Gasteiger partial charge in [0.1, 0.15) is 5.82 Å². The molecule has 0 atom stereocenters. The van der Waals surface area contributed by atoms with Gasteiger partial charge in [0.2, 0.25) is 5.95 Å². The van der Waals surface area contributed by atoms with Crippen molar-refractivity contribution in [2.45, 2.75) is 20.4 Å². The molecule has 0 bridgehead atoms. The van der Waals surface area contributed by atoms with Crippen LogP contribution in [0.2, 0.25) is 0 Å². The van der Waals surface area contributed by atoms with Gasteiger partial charge in [-0.25, -0.2) is 0 Å². The van der Waals surface area contributed by atoms with Gasteiger partial charge >= 0.3 is 0 Å². The van der Waals surface area contributed by atoms with Gasteiger partial charge in [-0.15, -0.1) is 0 Å². The van der Waals surface area contributed by atoms with Crippen molar-refractivity contribution in [3.05, 3.63) is 51.3 Å². The van der Waals surface area contributed by atoms with Crippen molar-refractivity contribution in [2.24, 2.45) is 7.05 Å². The lowest BCUT2D eigenvalue weighted by Gasteiger charge is -2.09. The van der Waals surface area contributed by atoms with Gasteiger partial charge in [0, 0.05) is 19.7 Å². The Morgan fingerprint density at radius 2 is 2.00 bits per heavy atom. The number of aromatic nitrogens is 2. The molecule has 2 rings (SSSR count). The molecule has 0 fully saturated rings. The van der Waals surface area contributed by atoms with Crippen molar-refractivity contribution in [1.29, 1.82) is 0 Å². The van der Waals surface area contributed by atoms with Crippen LogP contribution in [0.5, 0.6) is 0 Å². The molecular weight excluding hydrogens is 240 g/mol. The maximum Gasteiger partial charge on any atom is 0.256 e. The van der Waals surface area contributed by atoms with E-state index in [1.807, 2.05) is 0 Å². The second-order valence-electron chi connectivity index (χ2n) is 4.67. The third-order valence-electron chi connectivity index (χ3n) is 3.21. The number of aryl methyl sites for hydroxylation is 2. The Kier molecular flexibility index (Phi) is 3.55. The summed E-state index contributed by atoms with van der Waals surface area (Å²) in [6.07, 6.45) is 0. The quantitative estimate of drug-likeness (QED) is 0.877. The molecular formula is C14H18N4O. The predicted octanol–water partition coefficient (Wildman–Crippen LogP) is 1.59. The SMILES string of the molecule is Cc1ccc(CNc2cc(=O)n(C)c(N)n2)cc1C. The topological polar surface area (TPSA) is 72.9 Å². The third kappa shape index (κ3) is 2.93. The molecule has 0 saturated carbocycles. The maximum atomic E-state index is 11.6. The lowest BCUT2D eigenvalue weighted by atomic mass is 10.1. The zero-order chi connectivity index (χ0) is 14.0. The zero-order valence-corrected chi connectivity index (χ0v) is 11.4. The molecule has 5 heteroatoms. The number of rotatable bonds is 3. The smallest absolute Gasteiger partial charge is 0.256 e. The summed E-state index contributed by atoms with van der Waals surface area (Å²) in [5.74, 6) is 0.703. The van der Waals surface area contributed by atoms with E-state index in [9.17, 15) is 4.79 Å². The number of nitrogens with zero attached hydrogens (tertiary/aromatic N) is 2. The van der Waals surface area contributed by atoms with Gasteiger partial charge in [0.25, 0.3) is 5.56 Å². The van der Waals surface area contributed by atoms with Crippen LogP contribution in [0.4, 0.5) is 11.8 Å². The second-order valence-corrected chi connectivity index (χ2v) is 4.67. The minimum absolute atomic E-state index is 0.171. The summed E-state index contributed by atoms with van der Waals surface area (Å²) in [6, 6.07) is 7.70. The van der Waals surface area contributed by atoms with E-state index in [2.05, 4.69) is 42.3 Å². The van der Waals surface area contributed by atoms with Gasteiger partial charge in [-0.1, -0.05) is 18.2 Å². The Morgan fingerprint density at radius 3 is 2.63 bits per heavy atom. The summed E-state index contributed by atoms with van der Waals surface area (Å²) < 4.78 is 1.31. The Morgan fingerprint density at radius 1 is 1.26 bits per heavy atom. The molecule has 1 aromatic carbocycles. The van der Waals surface area contributed by atoms with Gasteiger partial charge in [-0.2, -0.15) is 4.98 Å². The summed E-state index contributed by atoms with van der Waals surface area (Å²) in [7, 11) is 1.60. The van der Waals surface area contributed by atoms with E-state index in [4.69, 9.17) is 5.73 Å². The minimum atomic E-state index is -0.171. The highest BCUT2D eigenvalue weighted by molar-refractivity contribution is 5.40. The average Bonchev–Trinajstić information content (AvgIpc) is 2.37. The van der Waals surface area contributed by atoms with Crippen LogP contribution in [0.3, 0.4) is 0 Å². The number of nitrogens with two attached hydrogens (primary N) is 1. The fourth-order valence-electron chi connectivity index (χ4n) is 1.75. The molecule has 2 aromatic rings. The average molecular weight is 258 g/mol. The lowest BCUT2D eigenvalue weighted by Crippen LogP contribution is -2.21. The highest BCUT2D eigenvalue weighted by Gasteiger charge is 2.02. The molecule has 0 aliphatic heterocycles. The van der Waals surface area contributed by atoms with E-state index in [1.165, 1.54) is 21.8 Å². The summed E-state index contributed by atoms with van der Waals surface area (Å²) in [6.45, 7) is 4.77. The van der Waals surface area contributed by atoms with Crippen LogP contribution in [0.15, 0.2) is 29.1 Å². The molecule has 5 nitrogen and oxygen atoms in total. The summed E-state index contributed by atoms with van der Waals surface area (Å²) in [5.41, 5.74) is 9.13. The molecule has 1 aromatic heterocycles. The van der Waals surface area contributed by atoms with Crippen molar-refractivity contribution in [2.75, 3.05) is 11.1 Å². The van der Waals surface area contributed by atoms with Crippen LogP contribution >= 0.6 is 0 Å². The first-order valence-electron chi connectivity index (χ1n) is 6.11. The lowest BCUT2D eigenvalue weighted by molar-refractivity contribution is 0.842. The summed E-state index contributed by atoms with van der Waals surface area (Å²) >= 11 is 0. The summed E-state index contributed by atoms with van der Waals surface area (Å²) in [5, 5.41) is 3.11. The van der Waals surface area contributed by atoms with Crippen LogP contribution in [0.25, 0.3) is 0 Å². The number of hydrogen-bond donors (Lipinski definition) is 2. The highest BCUT2D eigenvalue weighted by atomic mass is 16.1. The van der Waals surface area contributed by atoms with Gasteiger partial charge < -0.3 is 11.1 Å². The Labute approximate surface area is 112 Å². The normalized spacial score (nSPS) is 10.5. The first-order valence-corrected chi connectivity index (χ1v) is 6.11. The number of hydrogen-bond acceptors (Lipinski definition) is 4. The van der Waals surface area contributed by atoms with Crippen LogP contribution in [0.1, 0.15) is 16.7 Å². The maximum absolute atomic E-state index is 11.6. The van der Waals surface area contributed by atoms with Crippen LogP contribution in [-0.2, 0) is 13.6 Å². The molecule has 0 aliphatic rings. The zero-order valence-electron chi connectivity index (χ0n) is 11.4. The molecule has 3 N–H and O–H groups in total. The van der Waals surface area contributed by atoms with Crippen molar-refractivity contribution in [1.82, 2.24) is 9.55 Å². The van der Waals surface area contributed by atoms with Crippen LogP contribution in [0, 0.1) is 13.8 Å². The third-order valence-corrected chi connectivity index (χ3v) is 3.21. The number of benzene rings is 1. The fraction of sp³-hybridized carbons (Fsp3) is 0.286. The standard InChI is InChI=1S/C14H18N4O/c1-9-4-5-11(6-10(9)2)8-16-12-7-13(19)18(3)14(15)17-12/h4-7,16H,8H2,1-3H3,(H2,15,17). The summed E-state index contributed by atoms with van der Waals surface area (Å²) in [4.78, 5) is 15.7. The molecule has 0 unspecified atom stereocenters. The van der Waals surface area contributed by atoms with Gasteiger partial charge in [0.05, 0.1) is 0 Å². The van der Waals surface area contributed by atoms with Crippen LogP contribution in [-0.4, -0.2) is 9.55 Å². The number of anilines is 2. The van der Waals surface area contributed by atoms with E-state index in [1.54, 1.807) is 7.05 Å². The molecule has 0 saturated heterocycles. The molecule has 0 spiro atoms. The van der Waals surface area contributed by atoms with Crippen molar-refractivity contribution < 1.29 is 0 Å². The van der Waals surface area contributed by atoms with E-state index < -0.39 is 0 Å². The van der Waals surface area contributed by atoms with Crippen molar-refractivity contribution in [3.8, 4) is 0 Å². The highest BCUT2D eigenvalue weighted by Crippen LogP contribution is 2.11. The van der Waals surface area contributed by atoms with E-state index in [0.717, 1.165) is 5.56 Å². The Hall–Kier alpha value is -2.30. The molecule has 0 radical (unpaired) electrons. The van der Waals surface area contributed by atoms with Crippen molar-refractivity contribution in [3.63, 3.8) is 0 Å². The second kappa shape index (κ2) is 5.14. The predicted molar refractivity (Wildman–Crippen MR) is 77.1 cm³/mol. The van der Waals surface area contributed by atoms with E-state index >= 15 is 0 Å². The van der Waals surface area contributed by atoms with E-state index in [0.29, 0.717) is 12.4 Å². The molecule has 19 heavy (non-hydrogen) atoms. The molecule has 100 valence electrons. The monoisotopic (exact) mass is 258 g/mol. The Bertz CT molecular complexity index is 661. The largest absolute Gasteiger partial charge is 0.369 e. The minimum Gasteiger partial charge on any atom is -0.369 e. The molecule has 1 heterocycles. The van der Waals surface area contributed by atoms with Gasteiger partial charge in [-0.05, 0) is 30.5 Å². The molecule has 0 amide bonds. The van der Waals surface area contributed by atoms with Crippen molar-refractivity contribution >= 4 is 11.8 Å². The fourth-order valence-corrected chi connectivity index (χ4v) is 1.75. The van der Waals surface area contributed by atoms with Gasteiger partial charge in [-0.3, -0.25) is 9.36 Å². The first-order chi connectivity index (χ1) is 8.97. The first kappa shape index (κ1) is 13.1.